The third kappa shape index (κ3) is 3.12. The molecular weight excluding hydrogens is 208 g/mol. The zero-order valence-electron chi connectivity index (χ0n) is 11.5. The zero-order valence-corrected chi connectivity index (χ0v) is 11.5. The van der Waals surface area contributed by atoms with Gasteiger partial charge in [0.2, 0.25) is 0 Å². The van der Waals surface area contributed by atoms with Gasteiger partial charge in [0, 0.05) is 24.5 Å². The van der Waals surface area contributed by atoms with Crippen molar-refractivity contribution in [1.82, 2.24) is 9.88 Å². The molecule has 1 aromatic heterocycles. The minimum Gasteiger partial charge on any atom is -0.354 e. The van der Waals surface area contributed by atoms with Gasteiger partial charge in [-0.25, -0.2) is 0 Å². The van der Waals surface area contributed by atoms with Gasteiger partial charge in [-0.2, -0.15) is 0 Å². The van der Waals surface area contributed by atoms with E-state index in [1.807, 2.05) is 0 Å². The molecule has 2 heterocycles. The van der Waals surface area contributed by atoms with Crippen LogP contribution in [0.5, 0.6) is 0 Å². The Labute approximate surface area is 105 Å². The lowest BCUT2D eigenvalue weighted by molar-refractivity contribution is 0.301. The van der Waals surface area contributed by atoms with Crippen LogP contribution in [0.2, 0.25) is 0 Å². The second kappa shape index (κ2) is 5.26. The van der Waals surface area contributed by atoms with Crippen LogP contribution < -0.4 is 5.32 Å². The first-order valence-corrected chi connectivity index (χ1v) is 7.03. The Hall–Kier alpha value is -0.760. The van der Waals surface area contributed by atoms with Crippen molar-refractivity contribution >= 4 is 0 Å². The summed E-state index contributed by atoms with van der Waals surface area (Å²) >= 11 is 0. The maximum Gasteiger partial charge on any atom is 0.0225 e. The van der Waals surface area contributed by atoms with Crippen molar-refractivity contribution in [3.8, 4) is 0 Å². The third-order valence-electron chi connectivity index (χ3n) is 3.85. The van der Waals surface area contributed by atoms with Gasteiger partial charge >= 0.3 is 0 Å². The topological polar surface area (TPSA) is 17.0 Å². The summed E-state index contributed by atoms with van der Waals surface area (Å²) in [5.74, 6) is 0.772. The van der Waals surface area contributed by atoms with Crippen LogP contribution in [0.1, 0.15) is 45.6 Å². The lowest BCUT2D eigenvalue weighted by atomic mass is 9.83. The number of rotatable bonds is 5. The van der Waals surface area contributed by atoms with Crippen molar-refractivity contribution in [3.63, 3.8) is 0 Å². The molecular formula is C15H26N2. The third-order valence-corrected chi connectivity index (χ3v) is 3.85. The van der Waals surface area contributed by atoms with Gasteiger partial charge in [0.1, 0.15) is 0 Å². The van der Waals surface area contributed by atoms with E-state index in [-0.39, 0.29) is 0 Å². The van der Waals surface area contributed by atoms with Gasteiger partial charge < -0.3 is 9.88 Å². The molecule has 1 saturated heterocycles. The molecule has 1 aliphatic heterocycles. The van der Waals surface area contributed by atoms with Crippen molar-refractivity contribution in [2.75, 3.05) is 6.54 Å². The van der Waals surface area contributed by atoms with Gasteiger partial charge in [0.15, 0.2) is 0 Å². The smallest absolute Gasteiger partial charge is 0.0225 e. The van der Waals surface area contributed by atoms with E-state index >= 15 is 0 Å². The van der Waals surface area contributed by atoms with Crippen LogP contribution in [-0.4, -0.2) is 16.7 Å². The Morgan fingerprint density at radius 1 is 1.47 bits per heavy atom. The predicted octanol–water partition coefficient (Wildman–Crippen LogP) is 3.22. The first kappa shape index (κ1) is 12.7. The minimum absolute atomic E-state index is 0.369. The molecule has 0 saturated carbocycles. The summed E-state index contributed by atoms with van der Waals surface area (Å²) in [6.45, 7) is 9.13. The molecule has 0 amide bonds. The van der Waals surface area contributed by atoms with E-state index in [9.17, 15) is 0 Å². The fourth-order valence-electron chi connectivity index (χ4n) is 3.23. The van der Waals surface area contributed by atoms with E-state index in [0.29, 0.717) is 5.54 Å². The van der Waals surface area contributed by atoms with Crippen LogP contribution in [0.25, 0.3) is 0 Å². The highest BCUT2D eigenvalue weighted by atomic mass is 15.0. The van der Waals surface area contributed by atoms with Gasteiger partial charge in [0.05, 0.1) is 0 Å². The lowest BCUT2D eigenvalue weighted by Gasteiger charge is -2.31. The van der Waals surface area contributed by atoms with E-state index in [4.69, 9.17) is 0 Å². The Bertz CT molecular complexity index is 346. The van der Waals surface area contributed by atoms with Gasteiger partial charge in [-0.15, -0.1) is 0 Å². The summed E-state index contributed by atoms with van der Waals surface area (Å²) in [4.78, 5) is 0. The first-order valence-electron chi connectivity index (χ1n) is 7.03. The van der Waals surface area contributed by atoms with Crippen molar-refractivity contribution in [3.05, 3.63) is 24.0 Å². The summed E-state index contributed by atoms with van der Waals surface area (Å²) in [7, 11) is 0. The maximum absolute atomic E-state index is 3.77. The van der Waals surface area contributed by atoms with Crippen LogP contribution >= 0.6 is 0 Å². The van der Waals surface area contributed by atoms with Crippen molar-refractivity contribution in [2.24, 2.45) is 5.92 Å². The lowest BCUT2D eigenvalue weighted by Crippen LogP contribution is -2.43. The normalized spacial score (nSPS) is 24.7. The molecule has 1 aliphatic rings. The summed E-state index contributed by atoms with van der Waals surface area (Å²) in [6, 6.07) is 2.28. The Kier molecular flexibility index (Phi) is 3.93. The molecule has 2 rings (SSSR count). The largest absolute Gasteiger partial charge is 0.354 e. The highest BCUT2D eigenvalue weighted by molar-refractivity contribution is 5.16. The fourth-order valence-corrected chi connectivity index (χ4v) is 3.23. The molecule has 0 radical (unpaired) electrons. The predicted molar refractivity (Wildman–Crippen MR) is 73.2 cm³/mol. The van der Waals surface area contributed by atoms with Crippen LogP contribution in [-0.2, 0) is 13.0 Å². The number of hydrogen-bond donors (Lipinski definition) is 1. The quantitative estimate of drug-likeness (QED) is 0.827. The average molecular weight is 234 g/mol. The zero-order chi connectivity index (χ0) is 12.3. The van der Waals surface area contributed by atoms with E-state index in [2.05, 4.69) is 49.1 Å². The fraction of sp³-hybridized carbons (Fsp3) is 0.733. The number of nitrogens with zero attached hydrogens (tertiary/aromatic N) is 1. The first-order chi connectivity index (χ1) is 8.13. The summed E-state index contributed by atoms with van der Waals surface area (Å²) in [5, 5.41) is 3.77. The van der Waals surface area contributed by atoms with Crippen molar-refractivity contribution in [1.29, 1.82) is 0 Å². The molecule has 1 N–H and O–H groups in total. The highest BCUT2D eigenvalue weighted by Gasteiger charge is 2.34. The molecule has 0 bridgehead atoms. The van der Waals surface area contributed by atoms with Gasteiger partial charge in [-0.3, -0.25) is 0 Å². The van der Waals surface area contributed by atoms with E-state index < -0.39 is 0 Å². The Balaban J connectivity index is 2.06. The highest BCUT2D eigenvalue weighted by Crippen LogP contribution is 2.30. The Morgan fingerprint density at radius 3 is 2.82 bits per heavy atom. The van der Waals surface area contributed by atoms with E-state index in [1.54, 1.807) is 0 Å². The van der Waals surface area contributed by atoms with Crippen LogP contribution in [0.3, 0.4) is 0 Å². The SMILES string of the molecule is CCn1ccc(CC2(CC(C)C)CCCN2)c1. The van der Waals surface area contributed by atoms with Gasteiger partial charge in [-0.1, -0.05) is 13.8 Å². The van der Waals surface area contributed by atoms with E-state index in [0.717, 1.165) is 12.5 Å². The molecule has 0 spiro atoms. The Morgan fingerprint density at radius 2 is 2.29 bits per heavy atom. The number of aromatic nitrogens is 1. The van der Waals surface area contributed by atoms with Crippen LogP contribution in [0.15, 0.2) is 18.5 Å². The molecule has 0 aromatic carbocycles. The molecule has 1 atom stereocenters. The molecule has 1 unspecified atom stereocenters. The van der Waals surface area contributed by atoms with Crippen molar-refractivity contribution < 1.29 is 0 Å². The molecule has 2 heteroatoms. The summed E-state index contributed by atoms with van der Waals surface area (Å²) in [6.07, 6.45) is 9.67. The second-order valence-corrected chi connectivity index (χ2v) is 5.94. The van der Waals surface area contributed by atoms with Crippen LogP contribution in [0.4, 0.5) is 0 Å². The average Bonchev–Trinajstić information content (AvgIpc) is 2.87. The van der Waals surface area contributed by atoms with Crippen LogP contribution in [0, 0.1) is 5.92 Å². The van der Waals surface area contributed by atoms with Gasteiger partial charge in [0.25, 0.3) is 0 Å². The monoisotopic (exact) mass is 234 g/mol. The molecule has 0 aliphatic carbocycles. The minimum atomic E-state index is 0.369. The molecule has 1 fully saturated rings. The standard InChI is InChI=1S/C15H26N2/c1-4-17-9-6-14(12-17)11-15(10-13(2)3)7-5-8-16-15/h6,9,12-13,16H,4-5,7-8,10-11H2,1-3H3. The second-order valence-electron chi connectivity index (χ2n) is 5.94. The summed E-state index contributed by atoms with van der Waals surface area (Å²) in [5.41, 5.74) is 1.86. The number of nitrogens with one attached hydrogen (secondary N) is 1. The summed E-state index contributed by atoms with van der Waals surface area (Å²) < 4.78 is 2.27. The molecule has 2 nitrogen and oxygen atoms in total. The van der Waals surface area contributed by atoms with E-state index in [1.165, 1.54) is 37.8 Å². The number of aryl methyl sites for hydroxylation is 1. The molecule has 17 heavy (non-hydrogen) atoms. The molecule has 96 valence electrons. The number of hydrogen-bond acceptors (Lipinski definition) is 1. The molecule has 1 aromatic rings. The van der Waals surface area contributed by atoms with Crippen molar-refractivity contribution in [2.45, 2.75) is 58.5 Å². The maximum atomic E-state index is 3.77. The van der Waals surface area contributed by atoms with Gasteiger partial charge in [-0.05, 0) is 56.7 Å².